The van der Waals surface area contributed by atoms with Crippen LogP contribution in [-0.2, 0) is 19.1 Å². The summed E-state index contributed by atoms with van der Waals surface area (Å²) in [5, 5.41) is 9.23. The van der Waals surface area contributed by atoms with Crippen LogP contribution in [0.15, 0.2) is 55.1 Å². The number of halogens is 4. The molecule has 6 nitrogen and oxygen atoms in total. The molecule has 1 N–H and O–H groups in total. The number of aromatic amines is 1. The van der Waals surface area contributed by atoms with E-state index in [9.17, 15) is 17.6 Å². The van der Waals surface area contributed by atoms with E-state index in [0.717, 1.165) is 6.07 Å². The van der Waals surface area contributed by atoms with Crippen LogP contribution in [0.3, 0.4) is 0 Å². The van der Waals surface area contributed by atoms with Crippen molar-refractivity contribution in [2.75, 3.05) is 0 Å². The van der Waals surface area contributed by atoms with Gasteiger partial charge in [0.15, 0.2) is 0 Å². The summed E-state index contributed by atoms with van der Waals surface area (Å²) in [6.45, 7) is 0.317. The third-order valence-corrected chi connectivity index (χ3v) is 4.40. The molecule has 148 valence electrons. The van der Waals surface area contributed by atoms with Crippen molar-refractivity contribution >= 4 is 0 Å². The molecule has 10 heteroatoms. The molecule has 1 aromatic carbocycles. The second-order valence-corrected chi connectivity index (χ2v) is 6.31. The van der Waals surface area contributed by atoms with E-state index in [4.69, 9.17) is 0 Å². The van der Waals surface area contributed by atoms with Gasteiger partial charge in [-0.3, -0.25) is 4.98 Å². The number of aromatic nitrogens is 6. The first-order valence-corrected chi connectivity index (χ1v) is 8.62. The number of H-pyrrole nitrogens is 1. The summed E-state index contributed by atoms with van der Waals surface area (Å²) in [7, 11) is 0. The Morgan fingerprint density at radius 1 is 1.03 bits per heavy atom. The molecule has 0 saturated heterocycles. The first-order chi connectivity index (χ1) is 13.9. The van der Waals surface area contributed by atoms with Gasteiger partial charge >= 0.3 is 6.18 Å². The number of hydrogen-bond donors (Lipinski definition) is 1. The number of nitrogens with one attached hydrogen (secondary N) is 1. The number of pyridine rings is 1. The van der Waals surface area contributed by atoms with Gasteiger partial charge in [0.05, 0.1) is 17.6 Å². The summed E-state index contributed by atoms with van der Waals surface area (Å²) in [6.07, 6.45) is 0.510. The summed E-state index contributed by atoms with van der Waals surface area (Å²) in [5.41, 5.74) is 1.13. The molecule has 4 rings (SSSR count). The van der Waals surface area contributed by atoms with E-state index in [2.05, 4.69) is 25.4 Å². The third kappa shape index (κ3) is 4.00. The normalized spacial score (nSPS) is 11.7. The first kappa shape index (κ1) is 18.8. The Balaban J connectivity index is 1.53. The van der Waals surface area contributed by atoms with Crippen LogP contribution in [0.2, 0.25) is 0 Å². The maximum Gasteiger partial charge on any atom is 0.416 e. The predicted octanol–water partition coefficient (Wildman–Crippen LogP) is 4.13. The third-order valence-electron chi connectivity index (χ3n) is 4.40. The molecule has 29 heavy (non-hydrogen) atoms. The number of imidazole rings is 1. The molecule has 0 amide bonds. The van der Waals surface area contributed by atoms with Crippen LogP contribution in [0.1, 0.15) is 11.1 Å². The average Bonchev–Trinajstić information content (AvgIpc) is 3.35. The summed E-state index contributed by atoms with van der Waals surface area (Å²) < 4.78 is 54.7. The van der Waals surface area contributed by atoms with Crippen molar-refractivity contribution in [2.45, 2.75) is 19.1 Å². The molecule has 0 aliphatic carbocycles. The second kappa shape index (κ2) is 7.46. The van der Waals surface area contributed by atoms with Gasteiger partial charge in [-0.2, -0.15) is 17.6 Å². The molecule has 0 fully saturated rings. The van der Waals surface area contributed by atoms with Crippen molar-refractivity contribution in [3.8, 4) is 22.6 Å². The van der Waals surface area contributed by atoms with Crippen LogP contribution in [-0.4, -0.2) is 29.9 Å². The molecule has 0 aliphatic rings. The SMILES string of the molecule is Fc1[nH]nnc1-c1ccnc(-c2cn(CCc3ccccc3C(F)(F)F)cn2)c1. The van der Waals surface area contributed by atoms with Crippen LogP contribution >= 0.6 is 0 Å². The van der Waals surface area contributed by atoms with Gasteiger partial charge < -0.3 is 4.57 Å². The van der Waals surface area contributed by atoms with Crippen molar-refractivity contribution < 1.29 is 17.6 Å². The Hall–Kier alpha value is -3.56. The lowest BCUT2D eigenvalue weighted by atomic mass is 10.0. The lowest BCUT2D eigenvalue weighted by molar-refractivity contribution is -0.138. The lowest BCUT2D eigenvalue weighted by Crippen LogP contribution is -2.10. The van der Waals surface area contributed by atoms with Crippen molar-refractivity contribution in [1.82, 2.24) is 29.9 Å². The quantitative estimate of drug-likeness (QED) is 0.510. The van der Waals surface area contributed by atoms with Crippen LogP contribution in [0.4, 0.5) is 17.6 Å². The van der Waals surface area contributed by atoms with Crippen LogP contribution in [0.5, 0.6) is 0 Å². The van der Waals surface area contributed by atoms with Crippen LogP contribution in [0, 0.1) is 5.95 Å². The molecule has 4 aromatic rings. The highest BCUT2D eigenvalue weighted by molar-refractivity contribution is 5.65. The van der Waals surface area contributed by atoms with Gasteiger partial charge in [-0.25, -0.2) is 10.1 Å². The van der Waals surface area contributed by atoms with E-state index >= 15 is 0 Å². The zero-order valence-electron chi connectivity index (χ0n) is 14.9. The minimum absolute atomic E-state index is 0.0665. The highest BCUT2D eigenvalue weighted by atomic mass is 19.4. The van der Waals surface area contributed by atoms with E-state index in [-0.39, 0.29) is 17.7 Å². The first-order valence-electron chi connectivity index (χ1n) is 8.62. The molecular weight excluding hydrogens is 388 g/mol. The maximum atomic E-state index is 13.7. The van der Waals surface area contributed by atoms with Gasteiger partial charge in [-0.05, 0) is 30.2 Å². The van der Waals surface area contributed by atoms with Crippen molar-refractivity contribution in [2.24, 2.45) is 0 Å². The smallest absolute Gasteiger partial charge is 0.336 e. The Morgan fingerprint density at radius 3 is 2.62 bits per heavy atom. The van der Waals surface area contributed by atoms with Gasteiger partial charge in [0.2, 0.25) is 5.95 Å². The van der Waals surface area contributed by atoms with Crippen molar-refractivity contribution in [3.05, 3.63) is 72.2 Å². The molecular formula is C19H14F4N6. The van der Waals surface area contributed by atoms with E-state index in [1.54, 1.807) is 29.0 Å². The fraction of sp³-hybridized carbons (Fsp3) is 0.158. The average molecular weight is 402 g/mol. The Labute approximate surface area is 162 Å². The molecule has 3 aromatic heterocycles. The monoisotopic (exact) mass is 402 g/mol. The Bertz CT molecular complexity index is 1130. The zero-order valence-corrected chi connectivity index (χ0v) is 14.9. The van der Waals surface area contributed by atoms with E-state index < -0.39 is 17.7 Å². The molecule has 0 unspecified atom stereocenters. The van der Waals surface area contributed by atoms with Gasteiger partial charge in [0, 0.05) is 24.5 Å². The lowest BCUT2D eigenvalue weighted by Gasteiger charge is -2.12. The van der Waals surface area contributed by atoms with E-state index in [0.29, 0.717) is 23.5 Å². The highest BCUT2D eigenvalue weighted by Crippen LogP contribution is 2.32. The number of alkyl halides is 3. The van der Waals surface area contributed by atoms with Crippen LogP contribution in [0.25, 0.3) is 22.6 Å². The largest absolute Gasteiger partial charge is 0.416 e. The van der Waals surface area contributed by atoms with Gasteiger partial charge in [-0.15, -0.1) is 5.10 Å². The summed E-state index contributed by atoms with van der Waals surface area (Å²) in [5.74, 6) is -0.656. The van der Waals surface area contributed by atoms with Gasteiger partial charge in [-0.1, -0.05) is 23.4 Å². The topological polar surface area (TPSA) is 72.3 Å². The Kier molecular flexibility index (Phi) is 4.83. The molecule has 0 atom stereocenters. The molecule has 0 aliphatic heterocycles. The standard InChI is InChI=1S/C19H14F4N6/c20-18-17(26-28-27-18)13-5-7-24-15(9-13)16-10-29(11-25-16)8-6-12-3-1-2-4-14(12)19(21,22)23/h1-5,7,9-11H,6,8H2,(H,26,27,28). The molecule has 3 heterocycles. The van der Waals surface area contributed by atoms with Gasteiger partial charge in [0.1, 0.15) is 11.4 Å². The zero-order chi connectivity index (χ0) is 20.4. The van der Waals surface area contributed by atoms with Crippen molar-refractivity contribution in [1.29, 1.82) is 0 Å². The number of benzene rings is 1. The fourth-order valence-corrected chi connectivity index (χ4v) is 3.00. The minimum atomic E-state index is -4.39. The van der Waals surface area contributed by atoms with Gasteiger partial charge in [0.25, 0.3) is 0 Å². The molecule has 0 bridgehead atoms. The number of nitrogens with zero attached hydrogens (tertiary/aromatic N) is 5. The molecule has 0 saturated carbocycles. The van der Waals surface area contributed by atoms with E-state index in [1.165, 1.54) is 24.7 Å². The van der Waals surface area contributed by atoms with E-state index in [1.807, 2.05) is 0 Å². The highest BCUT2D eigenvalue weighted by Gasteiger charge is 2.32. The number of aryl methyl sites for hydroxylation is 2. The number of hydrogen-bond acceptors (Lipinski definition) is 4. The fourth-order valence-electron chi connectivity index (χ4n) is 3.00. The predicted molar refractivity (Wildman–Crippen MR) is 95.9 cm³/mol. The van der Waals surface area contributed by atoms with Crippen LogP contribution < -0.4 is 0 Å². The summed E-state index contributed by atoms with van der Waals surface area (Å²) in [6, 6.07) is 8.72. The number of rotatable bonds is 5. The molecule has 0 spiro atoms. The molecule has 0 radical (unpaired) electrons. The second-order valence-electron chi connectivity index (χ2n) is 6.31. The minimum Gasteiger partial charge on any atom is -0.336 e. The maximum absolute atomic E-state index is 13.7. The summed E-state index contributed by atoms with van der Waals surface area (Å²) in [4.78, 5) is 8.48. The van der Waals surface area contributed by atoms with Crippen molar-refractivity contribution in [3.63, 3.8) is 0 Å². The Morgan fingerprint density at radius 2 is 1.86 bits per heavy atom. The summed E-state index contributed by atoms with van der Waals surface area (Å²) >= 11 is 0.